The summed E-state index contributed by atoms with van der Waals surface area (Å²) in [4.78, 5) is 2.50. The van der Waals surface area contributed by atoms with Gasteiger partial charge in [0.25, 0.3) is 0 Å². The van der Waals surface area contributed by atoms with Crippen molar-refractivity contribution in [1.29, 1.82) is 0 Å². The molecule has 2 N–H and O–H groups in total. The zero-order valence-electron chi connectivity index (χ0n) is 14.7. The predicted octanol–water partition coefficient (Wildman–Crippen LogP) is 5.61. The number of nitrogens with one attached hydrogen (secondary N) is 2. The lowest BCUT2D eigenvalue weighted by molar-refractivity contribution is 0.679. The van der Waals surface area contributed by atoms with Crippen LogP contribution in [0.3, 0.4) is 0 Å². The molecule has 2 nitrogen and oxygen atoms in total. The smallest absolute Gasteiger partial charge is 0.0281 e. The van der Waals surface area contributed by atoms with Crippen LogP contribution in [-0.4, -0.2) is 12.6 Å². The highest BCUT2D eigenvalue weighted by Gasteiger charge is 2.02. The van der Waals surface area contributed by atoms with E-state index in [1.807, 2.05) is 13.8 Å². The van der Waals surface area contributed by atoms with Crippen molar-refractivity contribution in [2.45, 2.75) is 50.5 Å². The number of rotatable bonds is 7. The van der Waals surface area contributed by atoms with Gasteiger partial charge in [0.2, 0.25) is 0 Å². The van der Waals surface area contributed by atoms with Crippen LogP contribution in [0, 0.1) is 13.8 Å². The maximum atomic E-state index is 3.45. The first-order valence-corrected chi connectivity index (χ1v) is 9.72. The van der Waals surface area contributed by atoms with Crippen LogP contribution in [0.15, 0.2) is 58.3 Å². The molecule has 0 saturated carbocycles. The Labute approximate surface area is 150 Å². The summed E-state index contributed by atoms with van der Waals surface area (Å²) in [5.74, 6) is 0. The molecule has 2 aromatic carbocycles. The van der Waals surface area contributed by atoms with E-state index >= 15 is 0 Å². The van der Waals surface area contributed by atoms with Gasteiger partial charge in [0.05, 0.1) is 0 Å². The van der Waals surface area contributed by atoms with E-state index in [-0.39, 0.29) is 0 Å². The first-order chi connectivity index (χ1) is 11.1. The Kier molecular flexibility index (Phi) is 10.1. The Bertz CT molecular complexity index is 538. The molecule has 0 spiro atoms. The van der Waals surface area contributed by atoms with Crippen molar-refractivity contribution in [1.82, 2.24) is 9.44 Å². The molecule has 0 fully saturated rings. The summed E-state index contributed by atoms with van der Waals surface area (Å²) >= 11 is 3.37. The molecule has 0 aliphatic carbocycles. The summed E-state index contributed by atoms with van der Waals surface area (Å²) in [6, 6.07) is 17.5. The lowest BCUT2D eigenvalue weighted by Gasteiger charge is -2.13. The lowest BCUT2D eigenvalue weighted by atomic mass is 10.2. The van der Waals surface area contributed by atoms with Gasteiger partial charge >= 0.3 is 0 Å². The molecule has 0 saturated heterocycles. The monoisotopic (exact) mass is 348 g/mol. The molecule has 2 rings (SSSR count). The van der Waals surface area contributed by atoms with Crippen molar-refractivity contribution in [3.8, 4) is 0 Å². The molecule has 2 aromatic rings. The highest BCUT2D eigenvalue weighted by molar-refractivity contribution is 7.97. The van der Waals surface area contributed by atoms with Crippen LogP contribution in [0.4, 0.5) is 0 Å². The van der Waals surface area contributed by atoms with E-state index < -0.39 is 0 Å². The van der Waals surface area contributed by atoms with Crippen molar-refractivity contribution in [3.05, 3.63) is 59.7 Å². The van der Waals surface area contributed by atoms with Crippen LogP contribution in [0.1, 0.15) is 31.9 Å². The topological polar surface area (TPSA) is 24.1 Å². The van der Waals surface area contributed by atoms with Crippen molar-refractivity contribution in [3.63, 3.8) is 0 Å². The van der Waals surface area contributed by atoms with E-state index in [1.165, 1.54) is 20.9 Å². The SMILES string of the molecule is CC.Cc1ccc(SNC[C@H](C)NSc2ccc(C)cc2)cc1. The minimum absolute atomic E-state index is 0.397. The molecule has 0 bridgehead atoms. The molecule has 0 aromatic heterocycles. The fourth-order valence-electron chi connectivity index (χ4n) is 1.67. The second kappa shape index (κ2) is 11.6. The minimum Gasteiger partial charge on any atom is -0.258 e. The molecule has 0 heterocycles. The van der Waals surface area contributed by atoms with E-state index in [9.17, 15) is 0 Å². The second-order valence-corrected chi connectivity index (χ2v) is 7.07. The van der Waals surface area contributed by atoms with E-state index in [2.05, 4.69) is 78.7 Å². The molecule has 1 atom stereocenters. The van der Waals surface area contributed by atoms with Crippen LogP contribution >= 0.6 is 23.9 Å². The first-order valence-electron chi connectivity index (χ1n) is 8.09. The molecular formula is C19H28N2S2. The average molecular weight is 349 g/mol. The molecule has 0 aliphatic heterocycles. The van der Waals surface area contributed by atoms with E-state index in [0.717, 1.165) is 6.54 Å². The molecule has 0 amide bonds. The number of benzene rings is 2. The number of aryl methyl sites for hydroxylation is 2. The third kappa shape index (κ3) is 8.47. The van der Waals surface area contributed by atoms with Gasteiger partial charge in [-0.25, -0.2) is 0 Å². The summed E-state index contributed by atoms with van der Waals surface area (Å²) in [5.41, 5.74) is 2.59. The molecule has 0 aliphatic rings. The largest absolute Gasteiger partial charge is 0.258 e. The number of hydrogen-bond acceptors (Lipinski definition) is 4. The van der Waals surface area contributed by atoms with Gasteiger partial charge in [0.15, 0.2) is 0 Å². The minimum atomic E-state index is 0.397. The molecule has 23 heavy (non-hydrogen) atoms. The second-order valence-electron chi connectivity index (χ2n) is 5.20. The summed E-state index contributed by atoms with van der Waals surface area (Å²) < 4.78 is 6.86. The molecular weight excluding hydrogens is 320 g/mol. The zero-order valence-corrected chi connectivity index (χ0v) is 16.4. The van der Waals surface area contributed by atoms with Gasteiger partial charge in [-0.3, -0.25) is 9.44 Å². The van der Waals surface area contributed by atoms with Crippen LogP contribution in [0.5, 0.6) is 0 Å². The standard InChI is InChI=1S/C17H22N2S2.C2H6/c1-13-4-8-16(9-5-13)20-18-12-15(3)19-21-17-10-6-14(2)7-11-17;1-2/h4-11,15,18-19H,12H2,1-3H3;1-2H3/t15-;/m0./s1. The van der Waals surface area contributed by atoms with Crippen LogP contribution < -0.4 is 9.44 Å². The average Bonchev–Trinajstić information content (AvgIpc) is 2.58. The van der Waals surface area contributed by atoms with Gasteiger partial charge < -0.3 is 0 Å². The Morgan fingerprint density at radius 2 is 1.22 bits per heavy atom. The van der Waals surface area contributed by atoms with Crippen LogP contribution in [0.2, 0.25) is 0 Å². The fourth-order valence-corrected chi connectivity index (χ4v) is 3.14. The van der Waals surface area contributed by atoms with Gasteiger partial charge in [-0.1, -0.05) is 49.2 Å². The van der Waals surface area contributed by atoms with E-state index in [1.54, 1.807) is 23.9 Å². The molecule has 4 heteroatoms. The van der Waals surface area contributed by atoms with Gasteiger partial charge in [0, 0.05) is 22.4 Å². The highest BCUT2D eigenvalue weighted by atomic mass is 32.2. The number of hydrogen-bond donors (Lipinski definition) is 2. The lowest BCUT2D eigenvalue weighted by Crippen LogP contribution is -2.29. The van der Waals surface area contributed by atoms with Crippen molar-refractivity contribution >= 4 is 23.9 Å². The van der Waals surface area contributed by atoms with Crippen molar-refractivity contribution in [2.24, 2.45) is 0 Å². The summed E-state index contributed by atoms with van der Waals surface area (Å²) in [7, 11) is 0. The van der Waals surface area contributed by atoms with Gasteiger partial charge in [-0.05, 0) is 68.9 Å². The Morgan fingerprint density at radius 1 is 0.783 bits per heavy atom. The van der Waals surface area contributed by atoms with Gasteiger partial charge in [-0.2, -0.15) is 0 Å². The maximum absolute atomic E-state index is 3.45. The Balaban J connectivity index is 0.00000127. The zero-order chi connectivity index (χ0) is 17.1. The first kappa shape index (κ1) is 20.1. The third-order valence-electron chi connectivity index (χ3n) is 3.00. The van der Waals surface area contributed by atoms with Gasteiger partial charge in [0.1, 0.15) is 0 Å². The Morgan fingerprint density at radius 3 is 1.70 bits per heavy atom. The van der Waals surface area contributed by atoms with Crippen LogP contribution in [-0.2, 0) is 0 Å². The highest BCUT2D eigenvalue weighted by Crippen LogP contribution is 2.17. The van der Waals surface area contributed by atoms with Crippen molar-refractivity contribution in [2.75, 3.05) is 6.54 Å². The van der Waals surface area contributed by atoms with Crippen LogP contribution in [0.25, 0.3) is 0 Å². The molecule has 0 radical (unpaired) electrons. The molecule has 126 valence electrons. The van der Waals surface area contributed by atoms with Crippen molar-refractivity contribution < 1.29 is 0 Å². The third-order valence-corrected chi connectivity index (χ3v) is 4.85. The normalized spacial score (nSPS) is 11.5. The van der Waals surface area contributed by atoms with Gasteiger partial charge in [-0.15, -0.1) is 0 Å². The molecule has 0 unspecified atom stereocenters. The van der Waals surface area contributed by atoms with E-state index in [0.29, 0.717) is 6.04 Å². The Hall–Kier alpha value is -0.940. The summed E-state index contributed by atoms with van der Waals surface area (Å²) in [6.07, 6.45) is 0. The fraction of sp³-hybridized carbons (Fsp3) is 0.368. The summed E-state index contributed by atoms with van der Waals surface area (Å²) in [5, 5.41) is 0. The van der Waals surface area contributed by atoms with E-state index in [4.69, 9.17) is 0 Å². The summed E-state index contributed by atoms with van der Waals surface area (Å²) in [6.45, 7) is 11.3. The quantitative estimate of drug-likeness (QED) is 0.635. The predicted molar refractivity (Wildman–Crippen MR) is 106 cm³/mol. The maximum Gasteiger partial charge on any atom is 0.0281 e.